The first-order valence-corrected chi connectivity index (χ1v) is 9.36. The summed E-state index contributed by atoms with van der Waals surface area (Å²) >= 11 is 0. The van der Waals surface area contributed by atoms with Gasteiger partial charge in [-0.05, 0) is 24.6 Å². The standard InChI is InChI=1S/C17H21N3O4S/c1-3-4-10-20(2)16-15(11-13(12-18-16)17(21)22)19-25(23,24)14-8-6-5-7-9-14/h5-9,11-12,19H,3-4,10H2,1-2H3,(H,21,22). The number of aromatic carboxylic acids is 1. The predicted octanol–water partition coefficient (Wildman–Crippen LogP) is 2.82. The zero-order valence-corrected chi connectivity index (χ0v) is 15.0. The maximum atomic E-state index is 12.6. The van der Waals surface area contributed by atoms with Crippen molar-refractivity contribution in [2.75, 3.05) is 23.2 Å². The third-order valence-electron chi connectivity index (χ3n) is 3.62. The van der Waals surface area contributed by atoms with Crippen molar-refractivity contribution in [1.29, 1.82) is 0 Å². The molecule has 0 spiro atoms. The lowest BCUT2D eigenvalue weighted by Gasteiger charge is -2.21. The second-order valence-corrected chi connectivity index (χ2v) is 7.28. The number of carbonyl (C=O) groups is 1. The van der Waals surface area contributed by atoms with Gasteiger partial charge in [-0.2, -0.15) is 0 Å². The summed E-state index contributed by atoms with van der Waals surface area (Å²) in [7, 11) is -2.05. The van der Waals surface area contributed by atoms with Crippen LogP contribution in [-0.2, 0) is 10.0 Å². The van der Waals surface area contributed by atoms with Crippen molar-refractivity contribution in [3.8, 4) is 0 Å². The van der Waals surface area contributed by atoms with E-state index in [0.29, 0.717) is 12.4 Å². The van der Waals surface area contributed by atoms with Gasteiger partial charge in [-0.3, -0.25) is 4.72 Å². The van der Waals surface area contributed by atoms with Crippen LogP contribution in [-0.4, -0.2) is 38.1 Å². The number of benzene rings is 1. The van der Waals surface area contributed by atoms with Gasteiger partial charge in [0.05, 0.1) is 16.1 Å². The second-order valence-electron chi connectivity index (χ2n) is 5.59. The fourth-order valence-corrected chi connectivity index (χ4v) is 3.33. The highest BCUT2D eigenvalue weighted by molar-refractivity contribution is 7.92. The summed E-state index contributed by atoms with van der Waals surface area (Å²) in [5.74, 6) is -0.784. The highest BCUT2D eigenvalue weighted by atomic mass is 32.2. The van der Waals surface area contributed by atoms with Crippen LogP contribution < -0.4 is 9.62 Å². The Kier molecular flexibility index (Phi) is 5.97. The Balaban J connectivity index is 2.42. The maximum absolute atomic E-state index is 12.6. The lowest BCUT2D eigenvalue weighted by Crippen LogP contribution is -2.23. The SMILES string of the molecule is CCCCN(C)c1ncc(C(=O)O)cc1NS(=O)(=O)c1ccccc1. The molecule has 0 bridgehead atoms. The van der Waals surface area contributed by atoms with E-state index < -0.39 is 16.0 Å². The molecule has 0 amide bonds. The Morgan fingerprint density at radius 3 is 2.56 bits per heavy atom. The van der Waals surface area contributed by atoms with Crippen LogP contribution in [0.3, 0.4) is 0 Å². The van der Waals surface area contributed by atoms with Crippen molar-refractivity contribution < 1.29 is 18.3 Å². The van der Waals surface area contributed by atoms with Gasteiger partial charge in [-0.15, -0.1) is 0 Å². The number of nitrogens with zero attached hydrogens (tertiary/aromatic N) is 2. The number of anilines is 2. The molecule has 134 valence electrons. The molecule has 0 unspecified atom stereocenters. The second kappa shape index (κ2) is 7.98. The number of pyridine rings is 1. The first-order chi connectivity index (χ1) is 11.8. The molecule has 0 aliphatic rings. The number of hydrogen-bond acceptors (Lipinski definition) is 5. The predicted molar refractivity (Wildman–Crippen MR) is 96.6 cm³/mol. The van der Waals surface area contributed by atoms with Gasteiger partial charge in [0.15, 0.2) is 5.82 Å². The van der Waals surface area contributed by atoms with Gasteiger partial charge >= 0.3 is 5.97 Å². The Bertz CT molecular complexity index is 838. The van der Waals surface area contributed by atoms with Crippen LogP contribution in [0.15, 0.2) is 47.5 Å². The Morgan fingerprint density at radius 1 is 1.28 bits per heavy atom. The Hall–Kier alpha value is -2.61. The quantitative estimate of drug-likeness (QED) is 0.748. The lowest BCUT2D eigenvalue weighted by atomic mass is 10.2. The van der Waals surface area contributed by atoms with E-state index in [-0.39, 0.29) is 16.1 Å². The molecular formula is C17H21N3O4S. The maximum Gasteiger partial charge on any atom is 0.337 e. The van der Waals surface area contributed by atoms with Crippen molar-refractivity contribution >= 4 is 27.5 Å². The van der Waals surface area contributed by atoms with Crippen molar-refractivity contribution in [1.82, 2.24) is 4.98 Å². The number of hydrogen-bond donors (Lipinski definition) is 2. The zero-order valence-electron chi connectivity index (χ0n) is 14.1. The number of unbranched alkanes of at least 4 members (excludes halogenated alkanes) is 1. The molecule has 8 heteroatoms. The van der Waals surface area contributed by atoms with Crippen LogP contribution in [0.4, 0.5) is 11.5 Å². The number of carboxylic acid groups (broad SMARTS) is 1. The van der Waals surface area contributed by atoms with Gasteiger partial charge in [-0.1, -0.05) is 31.5 Å². The van der Waals surface area contributed by atoms with Crippen LogP contribution in [0.25, 0.3) is 0 Å². The first-order valence-electron chi connectivity index (χ1n) is 7.87. The third-order valence-corrected chi connectivity index (χ3v) is 5.00. The van der Waals surface area contributed by atoms with E-state index in [0.717, 1.165) is 12.8 Å². The summed E-state index contributed by atoms with van der Waals surface area (Å²) < 4.78 is 27.6. The fourth-order valence-electron chi connectivity index (χ4n) is 2.26. The molecule has 0 saturated heterocycles. The van der Waals surface area contributed by atoms with Crippen LogP contribution in [0.1, 0.15) is 30.1 Å². The van der Waals surface area contributed by atoms with Gasteiger partial charge in [0.1, 0.15) is 0 Å². The van der Waals surface area contributed by atoms with Crippen molar-refractivity contribution in [2.45, 2.75) is 24.7 Å². The van der Waals surface area contributed by atoms with E-state index in [1.807, 2.05) is 6.92 Å². The normalized spacial score (nSPS) is 11.1. The first kappa shape index (κ1) is 18.7. The molecule has 1 heterocycles. The van der Waals surface area contributed by atoms with E-state index in [9.17, 15) is 13.2 Å². The van der Waals surface area contributed by atoms with Gasteiger partial charge < -0.3 is 10.0 Å². The van der Waals surface area contributed by atoms with Gasteiger partial charge in [0.25, 0.3) is 10.0 Å². The van der Waals surface area contributed by atoms with Crippen molar-refractivity contribution in [3.63, 3.8) is 0 Å². The molecule has 0 atom stereocenters. The zero-order chi connectivity index (χ0) is 18.4. The van der Waals surface area contributed by atoms with E-state index in [4.69, 9.17) is 5.11 Å². The number of rotatable bonds is 8. The molecule has 1 aromatic heterocycles. The van der Waals surface area contributed by atoms with Gasteiger partial charge in [-0.25, -0.2) is 18.2 Å². The summed E-state index contributed by atoms with van der Waals surface area (Å²) in [6.45, 7) is 2.73. The van der Waals surface area contributed by atoms with E-state index in [1.54, 1.807) is 30.1 Å². The molecule has 2 aromatic rings. The highest BCUT2D eigenvalue weighted by Gasteiger charge is 2.19. The number of nitrogens with one attached hydrogen (secondary N) is 1. The van der Waals surface area contributed by atoms with Crippen LogP contribution in [0.2, 0.25) is 0 Å². The number of sulfonamides is 1. The van der Waals surface area contributed by atoms with Crippen LogP contribution in [0, 0.1) is 0 Å². The molecular weight excluding hydrogens is 342 g/mol. The molecule has 25 heavy (non-hydrogen) atoms. The monoisotopic (exact) mass is 363 g/mol. The summed E-state index contributed by atoms with van der Waals surface area (Å²) in [6.07, 6.45) is 3.10. The third kappa shape index (κ3) is 4.69. The van der Waals surface area contributed by atoms with E-state index >= 15 is 0 Å². The summed E-state index contributed by atoms with van der Waals surface area (Å²) in [4.78, 5) is 17.3. The molecule has 0 saturated carbocycles. The Labute approximate surface area is 147 Å². The van der Waals surface area contributed by atoms with Crippen LogP contribution in [0.5, 0.6) is 0 Å². The minimum Gasteiger partial charge on any atom is -0.478 e. The summed E-state index contributed by atoms with van der Waals surface area (Å²) in [5.41, 5.74) is 0.0563. The molecule has 1 aromatic carbocycles. The smallest absolute Gasteiger partial charge is 0.337 e. The summed E-state index contributed by atoms with van der Waals surface area (Å²) in [6, 6.07) is 9.18. The molecule has 0 aliphatic carbocycles. The Morgan fingerprint density at radius 2 is 1.96 bits per heavy atom. The number of carboxylic acids is 1. The molecule has 2 rings (SSSR count). The minimum absolute atomic E-state index is 0.0848. The molecule has 0 aliphatic heterocycles. The van der Waals surface area contributed by atoms with E-state index in [1.165, 1.54) is 24.4 Å². The molecule has 2 N–H and O–H groups in total. The molecule has 0 fully saturated rings. The van der Waals surface area contributed by atoms with Crippen molar-refractivity contribution in [3.05, 3.63) is 48.2 Å². The van der Waals surface area contributed by atoms with Gasteiger partial charge in [0.2, 0.25) is 0 Å². The number of aromatic nitrogens is 1. The van der Waals surface area contributed by atoms with Crippen LogP contribution >= 0.6 is 0 Å². The molecule has 7 nitrogen and oxygen atoms in total. The van der Waals surface area contributed by atoms with Gasteiger partial charge in [0, 0.05) is 19.8 Å². The topological polar surface area (TPSA) is 99.6 Å². The van der Waals surface area contributed by atoms with Crippen molar-refractivity contribution in [2.24, 2.45) is 0 Å². The van der Waals surface area contributed by atoms with E-state index in [2.05, 4.69) is 9.71 Å². The fraction of sp³-hybridized carbons (Fsp3) is 0.294. The highest BCUT2D eigenvalue weighted by Crippen LogP contribution is 2.26. The average Bonchev–Trinajstić information content (AvgIpc) is 2.60. The largest absolute Gasteiger partial charge is 0.478 e. The lowest BCUT2D eigenvalue weighted by molar-refractivity contribution is 0.0696. The summed E-state index contributed by atoms with van der Waals surface area (Å²) in [5, 5.41) is 9.16. The average molecular weight is 363 g/mol. The minimum atomic E-state index is -3.84. The molecule has 0 radical (unpaired) electrons.